The van der Waals surface area contributed by atoms with Crippen LogP contribution in [0.1, 0.15) is 29.6 Å². The molecule has 0 radical (unpaired) electrons. The van der Waals surface area contributed by atoms with Crippen LogP contribution >= 0.6 is 0 Å². The highest BCUT2D eigenvalue weighted by Gasteiger charge is 2.38. The van der Waals surface area contributed by atoms with Gasteiger partial charge in [-0.05, 0) is 37.5 Å². The number of para-hydroxylation sites is 1. The van der Waals surface area contributed by atoms with E-state index in [1.165, 1.54) is 0 Å². The summed E-state index contributed by atoms with van der Waals surface area (Å²) in [5.74, 6) is 1.25. The van der Waals surface area contributed by atoms with E-state index >= 15 is 0 Å². The van der Waals surface area contributed by atoms with E-state index in [2.05, 4.69) is 4.98 Å². The minimum Gasteiger partial charge on any atom is -0.439 e. The third-order valence-corrected chi connectivity index (χ3v) is 4.69. The van der Waals surface area contributed by atoms with Gasteiger partial charge in [0.1, 0.15) is 5.75 Å². The van der Waals surface area contributed by atoms with Crippen molar-refractivity contribution in [1.29, 1.82) is 0 Å². The molecule has 24 heavy (non-hydrogen) atoms. The van der Waals surface area contributed by atoms with E-state index in [4.69, 9.17) is 9.47 Å². The van der Waals surface area contributed by atoms with Crippen LogP contribution in [0, 0.1) is 0 Å². The molecule has 0 spiro atoms. The molecule has 0 bridgehead atoms. The zero-order chi connectivity index (χ0) is 16.4. The van der Waals surface area contributed by atoms with Gasteiger partial charge < -0.3 is 14.4 Å². The fraction of sp³-hybridized carbons (Fsp3) is 0.368. The number of ether oxygens (including phenoxy) is 2. The van der Waals surface area contributed by atoms with Gasteiger partial charge in [-0.3, -0.25) is 4.79 Å². The van der Waals surface area contributed by atoms with Crippen LogP contribution in [-0.2, 0) is 4.74 Å². The van der Waals surface area contributed by atoms with E-state index < -0.39 is 0 Å². The number of aromatic nitrogens is 1. The van der Waals surface area contributed by atoms with E-state index in [1.54, 1.807) is 18.3 Å². The number of fused-ring (bicyclic) bond motifs is 1. The number of nitrogens with zero attached hydrogens (tertiary/aromatic N) is 2. The van der Waals surface area contributed by atoms with E-state index in [9.17, 15) is 4.79 Å². The molecule has 1 aliphatic carbocycles. The SMILES string of the molecule is O=C(c1ccc(Oc2ccccc2)nc1)N1CCO[C@@H]2CCC[C@H]21. The first-order valence-corrected chi connectivity index (χ1v) is 8.43. The Balaban J connectivity index is 1.47. The van der Waals surface area contributed by atoms with Gasteiger partial charge in [-0.2, -0.15) is 0 Å². The van der Waals surface area contributed by atoms with Crippen molar-refractivity contribution in [3.05, 3.63) is 54.2 Å². The molecule has 2 heterocycles. The zero-order valence-electron chi connectivity index (χ0n) is 13.4. The number of pyridine rings is 1. The summed E-state index contributed by atoms with van der Waals surface area (Å²) in [6.07, 6.45) is 5.01. The Hall–Kier alpha value is -2.40. The fourth-order valence-corrected chi connectivity index (χ4v) is 3.52. The molecule has 124 valence electrons. The van der Waals surface area contributed by atoms with E-state index in [0.29, 0.717) is 24.6 Å². The average molecular weight is 324 g/mol. The van der Waals surface area contributed by atoms with Crippen LogP contribution in [0.2, 0.25) is 0 Å². The second-order valence-corrected chi connectivity index (χ2v) is 6.21. The number of carbonyl (C=O) groups excluding carboxylic acids is 1. The standard InChI is InChI=1S/C19H20N2O3/c22-19(21-11-12-23-17-8-4-7-16(17)21)14-9-10-18(20-13-14)24-15-5-2-1-3-6-15/h1-3,5-6,9-10,13,16-17H,4,7-8,11-12H2/t16-,17-/m1/s1. The number of benzene rings is 1. The summed E-state index contributed by atoms with van der Waals surface area (Å²) in [5, 5.41) is 0. The molecule has 2 aromatic rings. The van der Waals surface area contributed by atoms with Crippen molar-refractivity contribution in [1.82, 2.24) is 9.88 Å². The summed E-state index contributed by atoms with van der Waals surface area (Å²) in [4.78, 5) is 19.0. The number of rotatable bonds is 3. The Morgan fingerprint density at radius 2 is 2.04 bits per heavy atom. The van der Waals surface area contributed by atoms with Crippen LogP contribution in [0.15, 0.2) is 48.7 Å². The second-order valence-electron chi connectivity index (χ2n) is 6.21. The highest BCUT2D eigenvalue weighted by molar-refractivity contribution is 5.94. The van der Waals surface area contributed by atoms with Crippen LogP contribution in [0.25, 0.3) is 0 Å². The normalized spacial score (nSPS) is 22.9. The maximum absolute atomic E-state index is 12.8. The molecule has 5 heteroatoms. The van der Waals surface area contributed by atoms with Crippen LogP contribution in [0.5, 0.6) is 11.6 Å². The maximum Gasteiger partial charge on any atom is 0.255 e. The van der Waals surface area contributed by atoms with Crippen LogP contribution in [0.3, 0.4) is 0 Å². The Morgan fingerprint density at radius 1 is 1.17 bits per heavy atom. The number of carbonyl (C=O) groups is 1. The second kappa shape index (κ2) is 6.61. The van der Waals surface area contributed by atoms with Crippen molar-refractivity contribution in [3.8, 4) is 11.6 Å². The molecule has 1 amide bonds. The Bertz CT molecular complexity index is 702. The summed E-state index contributed by atoms with van der Waals surface area (Å²) < 4.78 is 11.4. The third kappa shape index (κ3) is 2.99. The maximum atomic E-state index is 12.8. The zero-order valence-corrected chi connectivity index (χ0v) is 13.4. The molecule has 0 unspecified atom stereocenters. The molecule has 2 atom stereocenters. The third-order valence-electron chi connectivity index (χ3n) is 4.69. The topological polar surface area (TPSA) is 51.7 Å². The summed E-state index contributed by atoms with van der Waals surface area (Å²) in [7, 11) is 0. The minimum absolute atomic E-state index is 0.0361. The van der Waals surface area contributed by atoms with Crippen molar-refractivity contribution in [2.75, 3.05) is 13.2 Å². The molecule has 1 aromatic carbocycles. The van der Waals surface area contributed by atoms with Gasteiger partial charge in [0.15, 0.2) is 0 Å². The first-order valence-electron chi connectivity index (χ1n) is 8.43. The molecule has 1 aliphatic heterocycles. The van der Waals surface area contributed by atoms with E-state index in [-0.39, 0.29) is 18.1 Å². The van der Waals surface area contributed by atoms with Gasteiger partial charge in [-0.1, -0.05) is 18.2 Å². The van der Waals surface area contributed by atoms with Crippen molar-refractivity contribution in [3.63, 3.8) is 0 Å². The van der Waals surface area contributed by atoms with Gasteiger partial charge >= 0.3 is 0 Å². The molecule has 5 nitrogen and oxygen atoms in total. The molecule has 2 fully saturated rings. The summed E-state index contributed by atoms with van der Waals surface area (Å²) in [6.45, 7) is 1.28. The first-order chi connectivity index (χ1) is 11.8. The summed E-state index contributed by atoms with van der Waals surface area (Å²) in [5.41, 5.74) is 0.600. The lowest BCUT2D eigenvalue weighted by Crippen LogP contribution is -2.51. The molecule has 1 aromatic heterocycles. The van der Waals surface area contributed by atoms with Crippen molar-refractivity contribution in [2.45, 2.75) is 31.4 Å². The minimum atomic E-state index is 0.0361. The lowest BCUT2D eigenvalue weighted by Gasteiger charge is -2.37. The van der Waals surface area contributed by atoms with E-state index in [1.807, 2.05) is 35.2 Å². The fourth-order valence-electron chi connectivity index (χ4n) is 3.52. The van der Waals surface area contributed by atoms with E-state index in [0.717, 1.165) is 25.0 Å². The van der Waals surface area contributed by atoms with Crippen LogP contribution < -0.4 is 4.74 Å². The van der Waals surface area contributed by atoms with Gasteiger partial charge in [0.25, 0.3) is 5.91 Å². The van der Waals surface area contributed by atoms with Crippen molar-refractivity contribution in [2.24, 2.45) is 0 Å². The predicted molar refractivity (Wildman–Crippen MR) is 89.2 cm³/mol. The molecule has 4 rings (SSSR count). The van der Waals surface area contributed by atoms with Crippen molar-refractivity contribution < 1.29 is 14.3 Å². The Morgan fingerprint density at radius 3 is 2.83 bits per heavy atom. The van der Waals surface area contributed by atoms with Crippen LogP contribution in [0.4, 0.5) is 0 Å². The number of hydrogen-bond acceptors (Lipinski definition) is 4. The van der Waals surface area contributed by atoms with Gasteiger partial charge in [0.05, 0.1) is 24.3 Å². The molecular formula is C19H20N2O3. The van der Waals surface area contributed by atoms with Gasteiger partial charge in [0, 0.05) is 18.8 Å². The van der Waals surface area contributed by atoms with Crippen molar-refractivity contribution >= 4 is 5.91 Å². The van der Waals surface area contributed by atoms with Gasteiger partial charge in [-0.15, -0.1) is 0 Å². The smallest absolute Gasteiger partial charge is 0.255 e. The number of morpholine rings is 1. The highest BCUT2D eigenvalue weighted by Crippen LogP contribution is 2.30. The largest absolute Gasteiger partial charge is 0.439 e. The molecular weight excluding hydrogens is 304 g/mol. The molecule has 1 saturated heterocycles. The van der Waals surface area contributed by atoms with Crippen LogP contribution in [-0.4, -0.2) is 41.1 Å². The highest BCUT2D eigenvalue weighted by atomic mass is 16.5. The summed E-state index contributed by atoms with van der Waals surface area (Å²) in [6, 6.07) is 13.2. The predicted octanol–water partition coefficient (Wildman–Crippen LogP) is 3.27. The van der Waals surface area contributed by atoms with Gasteiger partial charge in [-0.25, -0.2) is 4.98 Å². The molecule has 1 saturated carbocycles. The lowest BCUT2D eigenvalue weighted by molar-refractivity contribution is -0.0445. The Kier molecular flexibility index (Phi) is 4.17. The molecule has 0 N–H and O–H groups in total. The quantitative estimate of drug-likeness (QED) is 0.869. The van der Waals surface area contributed by atoms with Gasteiger partial charge in [0.2, 0.25) is 5.88 Å². The first kappa shape index (κ1) is 15.1. The average Bonchev–Trinajstić information content (AvgIpc) is 3.11. The number of hydrogen-bond donors (Lipinski definition) is 0. The number of amides is 1. The lowest BCUT2D eigenvalue weighted by atomic mass is 10.1. The monoisotopic (exact) mass is 324 g/mol. The molecule has 2 aliphatic rings. The summed E-state index contributed by atoms with van der Waals surface area (Å²) >= 11 is 0. The Labute approximate surface area is 141 Å².